The average molecular weight is 593 g/mol. The van der Waals surface area contributed by atoms with Crippen LogP contribution in [-0.2, 0) is 16.1 Å². The molecule has 0 saturated carbocycles. The van der Waals surface area contributed by atoms with Crippen LogP contribution < -0.4 is 15.4 Å². The fourth-order valence-corrected chi connectivity index (χ4v) is 5.24. The van der Waals surface area contributed by atoms with Crippen LogP contribution >= 0.6 is 0 Å². The highest BCUT2D eigenvalue weighted by molar-refractivity contribution is 5.99. The van der Waals surface area contributed by atoms with Crippen molar-refractivity contribution in [3.63, 3.8) is 0 Å². The molecule has 2 aromatic carbocycles. The second-order valence-electron chi connectivity index (χ2n) is 12.2. The maximum absolute atomic E-state index is 14.0. The lowest BCUT2D eigenvalue weighted by molar-refractivity contribution is -0.118. The Morgan fingerprint density at radius 3 is 2.35 bits per heavy atom. The zero-order valence-electron chi connectivity index (χ0n) is 26.2. The molecule has 0 aliphatic carbocycles. The Morgan fingerprint density at radius 1 is 1.02 bits per heavy atom. The van der Waals surface area contributed by atoms with E-state index in [4.69, 9.17) is 9.47 Å². The summed E-state index contributed by atoms with van der Waals surface area (Å²) in [6.45, 7) is 9.41. The molecule has 0 radical (unpaired) electrons. The molecule has 1 aromatic heterocycles. The smallest absolute Gasteiger partial charge is 0.410 e. The molecule has 11 nitrogen and oxygen atoms in total. The van der Waals surface area contributed by atoms with E-state index >= 15 is 0 Å². The number of amides is 4. The van der Waals surface area contributed by atoms with Gasteiger partial charge in [-0.2, -0.15) is 0 Å². The van der Waals surface area contributed by atoms with E-state index in [2.05, 4.69) is 15.6 Å². The van der Waals surface area contributed by atoms with Crippen LogP contribution in [0.4, 0.5) is 15.3 Å². The SMILES string of the molecule is COc1ccc(CN(C)C)cc1NC(=O)[C@H](NC(=O)N1CCN(C(=O)OC(C)(C)C)CC1)[C@@H](C)c1c[nH]c2ccccc12. The first-order chi connectivity index (χ1) is 20.4. The molecule has 4 rings (SSSR count). The van der Waals surface area contributed by atoms with Gasteiger partial charge in [-0.1, -0.05) is 31.2 Å². The molecule has 11 heteroatoms. The lowest BCUT2D eigenvalue weighted by Crippen LogP contribution is -2.57. The number of hydrogen-bond donors (Lipinski definition) is 3. The van der Waals surface area contributed by atoms with E-state index in [1.165, 1.54) is 0 Å². The van der Waals surface area contributed by atoms with Crippen LogP contribution in [0.5, 0.6) is 5.75 Å². The van der Waals surface area contributed by atoms with Crippen LogP contribution in [0.2, 0.25) is 0 Å². The summed E-state index contributed by atoms with van der Waals surface area (Å²) in [5.74, 6) is -0.211. The molecule has 2 atom stereocenters. The third kappa shape index (κ3) is 7.98. The first kappa shape index (κ1) is 31.7. The number of aromatic nitrogens is 1. The van der Waals surface area contributed by atoms with Crippen molar-refractivity contribution in [1.82, 2.24) is 25.0 Å². The third-order valence-electron chi connectivity index (χ3n) is 7.41. The number of methoxy groups -OCH3 is 1. The Balaban J connectivity index is 1.55. The normalized spacial score (nSPS) is 15.3. The maximum atomic E-state index is 14.0. The summed E-state index contributed by atoms with van der Waals surface area (Å²) < 4.78 is 11.0. The quantitative estimate of drug-likeness (QED) is 0.352. The topological polar surface area (TPSA) is 119 Å². The minimum Gasteiger partial charge on any atom is -0.495 e. The van der Waals surface area contributed by atoms with E-state index in [9.17, 15) is 14.4 Å². The van der Waals surface area contributed by atoms with E-state index in [1.54, 1.807) is 16.9 Å². The largest absolute Gasteiger partial charge is 0.495 e. The number of nitrogens with zero attached hydrogens (tertiary/aromatic N) is 3. The minimum atomic E-state index is -0.905. The van der Waals surface area contributed by atoms with Crippen LogP contribution in [0.1, 0.15) is 44.7 Å². The first-order valence-corrected chi connectivity index (χ1v) is 14.6. The number of rotatable bonds is 8. The third-order valence-corrected chi connectivity index (χ3v) is 7.41. The van der Waals surface area contributed by atoms with Gasteiger partial charge in [0.05, 0.1) is 12.8 Å². The molecule has 1 aliphatic rings. The number of aromatic amines is 1. The number of anilines is 1. The predicted octanol–water partition coefficient (Wildman–Crippen LogP) is 4.61. The molecule has 0 unspecified atom stereocenters. The van der Waals surface area contributed by atoms with Crippen LogP contribution in [-0.4, -0.2) is 96.7 Å². The number of urea groups is 1. The lowest BCUT2D eigenvalue weighted by Gasteiger charge is -2.36. The van der Waals surface area contributed by atoms with Gasteiger partial charge in [-0.25, -0.2) is 9.59 Å². The monoisotopic (exact) mass is 592 g/mol. The summed E-state index contributed by atoms with van der Waals surface area (Å²) in [7, 11) is 5.51. The van der Waals surface area contributed by atoms with Crippen molar-refractivity contribution in [3.8, 4) is 5.75 Å². The number of H-pyrrole nitrogens is 1. The highest BCUT2D eigenvalue weighted by Gasteiger charge is 2.33. The van der Waals surface area contributed by atoms with Crippen LogP contribution in [0.3, 0.4) is 0 Å². The van der Waals surface area contributed by atoms with E-state index in [-0.39, 0.29) is 17.9 Å². The van der Waals surface area contributed by atoms with Gasteiger partial charge in [0.2, 0.25) is 5.91 Å². The van der Waals surface area contributed by atoms with Crippen molar-refractivity contribution in [2.45, 2.75) is 51.8 Å². The molecule has 1 saturated heterocycles. The van der Waals surface area contributed by atoms with Crippen molar-refractivity contribution >= 4 is 34.6 Å². The average Bonchev–Trinajstić information content (AvgIpc) is 3.39. The predicted molar refractivity (Wildman–Crippen MR) is 167 cm³/mol. The molecule has 0 bridgehead atoms. The Labute approximate surface area is 253 Å². The van der Waals surface area contributed by atoms with Crippen LogP contribution in [0, 0.1) is 0 Å². The van der Waals surface area contributed by atoms with E-state index in [0.29, 0.717) is 44.2 Å². The molecule has 3 aromatic rings. The van der Waals surface area contributed by atoms with Crippen molar-refractivity contribution in [3.05, 3.63) is 59.8 Å². The van der Waals surface area contributed by atoms with Crippen molar-refractivity contribution < 1.29 is 23.9 Å². The molecule has 4 amide bonds. The number of para-hydroxylation sites is 1. The van der Waals surface area contributed by atoms with Gasteiger partial charge in [0, 0.05) is 55.7 Å². The standard InChI is InChI=1S/C32H44N6O5/c1-21(24-19-33-25-11-9-8-10-23(24)25)28(29(39)34-26-18-22(20-36(5)6)12-13-27(26)42-7)35-30(40)37-14-16-38(17-15-37)31(41)43-32(2,3)4/h8-13,18-19,21,28,33H,14-17,20H2,1-7H3,(H,34,39)(H,35,40)/t21-,28+/m0/s1. The van der Waals surface area contributed by atoms with Crippen molar-refractivity contribution in [1.29, 1.82) is 0 Å². The Kier molecular flexibility index (Phi) is 9.85. The van der Waals surface area contributed by atoms with Crippen LogP contribution in [0.15, 0.2) is 48.7 Å². The van der Waals surface area contributed by atoms with Gasteiger partial charge in [0.15, 0.2) is 0 Å². The van der Waals surface area contributed by atoms with Crippen molar-refractivity contribution in [2.24, 2.45) is 0 Å². The Bertz CT molecular complexity index is 1440. The number of benzene rings is 2. The summed E-state index contributed by atoms with van der Waals surface area (Å²) in [4.78, 5) is 48.6. The van der Waals surface area contributed by atoms with Gasteiger partial charge in [0.1, 0.15) is 17.4 Å². The summed E-state index contributed by atoms with van der Waals surface area (Å²) in [6.07, 6.45) is 1.49. The van der Waals surface area contributed by atoms with Gasteiger partial charge in [-0.05, 0) is 64.2 Å². The van der Waals surface area contributed by atoms with Gasteiger partial charge in [-0.3, -0.25) is 4.79 Å². The minimum absolute atomic E-state index is 0.321. The summed E-state index contributed by atoms with van der Waals surface area (Å²) in [5, 5.41) is 7.01. The second-order valence-corrected chi connectivity index (χ2v) is 12.2. The highest BCUT2D eigenvalue weighted by atomic mass is 16.6. The molecule has 2 heterocycles. The van der Waals surface area contributed by atoms with Gasteiger partial charge in [0.25, 0.3) is 0 Å². The molecule has 3 N–H and O–H groups in total. The van der Waals surface area contributed by atoms with Gasteiger partial charge in [-0.15, -0.1) is 0 Å². The Hall–Kier alpha value is -4.25. The number of carbonyl (C=O) groups excluding carboxylic acids is 3. The van der Waals surface area contributed by atoms with E-state index in [0.717, 1.165) is 22.0 Å². The molecule has 232 valence electrons. The molecule has 43 heavy (non-hydrogen) atoms. The van der Waals surface area contributed by atoms with Crippen molar-refractivity contribution in [2.75, 3.05) is 52.7 Å². The molecular formula is C32H44N6O5. The lowest BCUT2D eigenvalue weighted by atomic mass is 9.92. The number of carbonyl (C=O) groups is 3. The molecule has 1 fully saturated rings. The zero-order chi connectivity index (χ0) is 31.3. The Morgan fingerprint density at radius 2 is 1.70 bits per heavy atom. The molecular weight excluding hydrogens is 548 g/mol. The molecule has 1 aliphatic heterocycles. The number of fused-ring (bicyclic) bond motifs is 1. The fraction of sp³-hybridized carbons (Fsp3) is 0.469. The summed E-state index contributed by atoms with van der Waals surface area (Å²) in [6, 6.07) is 12.3. The first-order valence-electron chi connectivity index (χ1n) is 14.6. The maximum Gasteiger partial charge on any atom is 0.410 e. The fourth-order valence-electron chi connectivity index (χ4n) is 5.24. The highest BCUT2D eigenvalue weighted by Crippen LogP contribution is 2.30. The number of ether oxygens (including phenoxy) is 2. The van der Waals surface area contributed by atoms with Crippen LogP contribution in [0.25, 0.3) is 10.9 Å². The summed E-state index contributed by atoms with van der Waals surface area (Å²) in [5.41, 5.74) is 2.81. The second kappa shape index (κ2) is 13.4. The molecule has 0 spiro atoms. The number of nitrogens with one attached hydrogen (secondary N) is 3. The van der Waals surface area contributed by atoms with Gasteiger partial charge < -0.3 is 39.8 Å². The number of piperazine rings is 1. The van der Waals surface area contributed by atoms with E-state index < -0.39 is 17.7 Å². The number of hydrogen-bond acceptors (Lipinski definition) is 6. The zero-order valence-corrected chi connectivity index (χ0v) is 26.2. The summed E-state index contributed by atoms with van der Waals surface area (Å²) >= 11 is 0. The van der Waals surface area contributed by atoms with Gasteiger partial charge >= 0.3 is 12.1 Å². The van der Waals surface area contributed by atoms with E-state index in [1.807, 2.05) is 95.4 Å².